The Morgan fingerprint density at radius 2 is 1.29 bits per heavy atom. The SMILES string of the molecule is O=C(NCC(O)C(O)c1c(F)c(F)c(F)c(F)c1F)OCC1c2ccccc2-c2ccccc21. The third-order valence-electron chi connectivity index (χ3n) is 5.70. The van der Waals surface area contributed by atoms with Crippen molar-refractivity contribution in [2.75, 3.05) is 13.2 Å². The van der Waals surface area contributed by atoms with Gasteiger partial charge in [-0.05, 0) is 22.3 Å². The monoisotopic (exact) mass is 479 g/mol. The molecule has 1 aliphatic rings. The van der Waals surface area contributed by atoms with E-state index in [1.165, 1.54) is 0 Å². The molecule has 0 aliphatic heterocycles. The summed E-state index contributed by atoms with van der Waals surface area (Å²) in [6, 6.07) is 15.2. The Labute approximate surface area is 190 Å². The van der Waals surface area contributed by atoms with E-state index >= 15 is 0 Å². The van der Waals surface area contributed by atoms with Crippen LogP contribution in [0.2, 0.25) is 0 Å². The maximum atomic E-state index is 13.8. The zero-order chi connectivity index (χ0) is 24.6. The van der Waals surface area contributed by atoms with Crippen LogP contribution in [0.4, 0.5) is 26.7 Å². The number of hydrogen-bond donors (Lipinski definition) is 3. The third kappa shape index (κ3) is 4.10. The molecule has 1 amide bonds. The molecule has 0 saturated heterocycles. The van der Waals surface area contributed by atoms with E-state index in [1.54, 1.807) is 0 Å². The van der Waals surface area contributed by atoms with E-state index < -0.39 is 59.5 Å². The number of rotatable bonds is 6. The molecule has 0 heterocycles. The molecule has 2 unspecified atom stereocenters. The van der Waals surface area contributed by atoms with Gasteiger partial charge in [-0.3, -0.25) is 0 Å². The molecule has 3 aromatic carbocycles. The fraction of sp³-hybridized carbons (Fsp3) is 0.208. The number of halogens is 5. The average Bonchev–Trinajstić information content (AvgIpc) is 3.17. The van der Waals surface area contributed by atoms with Crippen LogP contribution in [0.15, 0.2) is 48.5 Å². The second-order valence-corrected chi connectivity index (χ2v) is 7.70. The van der Waals surface area contributed by atoms with E-state index in [0.29, 0.717) is 0 Å². The highest BCUT2D eigenvalue weighted by Crippen LogP contribution is 2.44. The molecule has 5 nitrogen and oxygen atoms in total. The van der Waals surface area contributed by atoms with Gasteiger partial charge in [0.25, 0.3) is 0 Å². The van der Waals surface area contributed by atoms with E-state index in [2.05, 4.69) is 5.32 Å². The van der Waals surface area contributed by atoms with E-state index in [1.807, 2.05) is 48.5 Å². The number of ether oxygens (including phenoxy) is 1. The Morgan fingerprint density at radius 3 is 1.82 bits per heavy atom. The molecule has 0 fully saturated rings. The Hall–Kier alpha value is -3.50. The van der Waals surface area contributed by atoms with Crippen molar-refractivity contribution in [3.8, 4) is 11.1 Å². The number of aliphatic hydroxyl groups excluding tert-OH is 2. The highest BCUT2D eigenvalue weighted by atomic mass is 19.2. The maximum Gasteiger partial charge on any atom is 0.407 e. The molecular formula is C24H18F5NO4. The minimum Gasteiger partial charge on any atom is -0.449 e. The van der Waals surface area contributed by atoms with Crippen LogP contribution in [-0.4, -0.2) is 35.6 Å². The molecule has 3 aromatic rings. The fourth-order valence-electron chi connectivity index (χ4n) is 4.02. The molecule has 0 spiro atoms. The van der Waals surface area contributed by atoms with Gasteiger partial charge < -0.3 is 20.3 Å². The minimum absolute atomic E-state index is 0.0594. The van der Waals surface area contributed by atoms with Crippen LogP contribution in [0.3, 0.4) is 0 Å². The Kier molecular flexibility index (Phi) is 6.54. The molecule has 178 valence electrons. The lowest BCUT2D eigenvalue weighted by molar-refractivity contribution is 0.0133. The lowest BCUT2D eigenvalue weighted by Gasteiger charge is -2.20. The van der Waals surface area contributed by atoms with Gasteiger partial charge in [-0.25, -0.2) is 26.7 Å². The molecular weight excluding hydrogens is 461 g/mol. The van der Waals surface area contributed by atoms with Gasteiger partial charge in [-0.1, -0.05) is 48.5 Å². The normalized spacial score (nSPS) is 14.3. The van der Waals surface area contributed by atoms with Gasteiger partial charge in [-0.2, -0.15) is 0 Å². The quantitative estimate of drug-likeness (QED) is 0.280. The van der Waals surface area contributed by atoms with Gasteiger partial charge >= 0.3 is 6.09 Å². The zero-order valence-corrected chi connectivity index (χ0v) is 17.4. The molecule has 34 heavy (non-hydrogen) atoms. The van der Waals surface area contributed by atoms with Crippen molar-refractivity contribution in [2.45, 2.75) is 18.1 Å². The van der Waals surface area contributed by atoms with Gasteiger partial charge in [0, 0.05) is 12.5 Å². The number of aliphatic hydroxyl groups is 2. The topological polar surface area (TPSA) is 78.8 Å². The van der Waals surface area contributed by atoms with Crippen LogP contribution in [0.1, 0.15) is 28.7 Å². The lowest BCUT2D eigenvalue weighted by atomic mass is 9.98. The largest absolute Gasteiger partial charge is 0.449 e. The predicted octanol–water partition coefficient (Wildman–Crippen LogP) is 4.32. The van der Waals surface area contributed by atoms with Crippen molar-refractivity contribution >= 4 is 6.09 Å². The van der Waals surface area contributed by atoms with E-state index in [4.69, 9.17) is 4.74 Å². The number of hydrogen-bond acceptors (Lipinski definition) is 4. The number of fused-ring (bicyclic) bond motifs is 3. The molecule has 0 radical (unpaired) electrons. The summed E-state index contributed by atoms with van der Waals surface area (Å²) in [6.45, 7) is -0.840. The van der Waals surface area contributed by atoms with Crippen LogP contribution in [0.5, 0.6) is 0 Å². The van der Waals surface area contributed by atoms with Crippen LogP contribution in [-0.2, 0) is 4.74 Å². The van der Waals surface area contributed by atoms with Crippen molar-refractivity contribution in [1.29, 1.82) is 0 Å². The number of amides is 1. The average molecular weight is 479 g/mol. The van der Waals surface area contributed by atoms with Gasteiger partial charge in [-0.15, -0.1) is 0 Å². The van der Waals surface area contributed by atoms with E-state index in [-0.39, 0.29) is 12.5 Å². The molecule has 10 heteroatoms. The second-order valence-electron chi connectivity index (χ2n) is 7.70. The number of carbonyl (C=O) groups is 1. The van der Waals surface area contributed by atoms with E-state index in [9.17, 15) is 37.0 Å². The Morgan fingerprint density at radius 1 is 0.824 bits per heavy atom. The van der Waals surface area contributed by atoms with Crippen molar-refractivity contribution in [3.63, 3.8) is 0 Å². The number of carbonyl (C=O) groups excluding carboxylic acids is 1. The van der Waals surface area contributed by atoms with Crippen molar-refractivity contribution in [3.05, 3.63) is 94.3 Å². The van der Waals surface area contributed by atoms with Gasteiger partial charge in [0.05, 0.1) is 5.56 Å². The first-order valence-corrected chi connectivity index (χ1v) is 10.2. The second kappa shape index (κ2) is 9.40. The smallest absolute Gasteiger partial charge is 0.407 e. The first-order chi connectivity index (χ1) is 16.2. The summed E-state index contributed by atoms with van der Waals surface area (Å²) in [6.07, 6.45) is -5.60. The molecule has 0 aromatic heterocycles. The number of benzene rings is 3. The molecule has 4 rings (SSSR count). The predicted molar refractivity (Wildman–Crippen MR) is 110 cm³/mol. The Balaban J connectivity index is 1.39. The van der Waals surface area contributed by atoms with Gasteiger partial charge in [0.2, 0.25) is 5.82 Å². The van der Waals surface area contributed by atoms with E-state index in [0.717, 1.165) is 22.3 Å². The fourth-order valence-corrected chi connectivity index (χ4v) is 4.02. The van der Waals surface area contributed by atoms with Crippen molar-refractivity contribution < 1.29 is 41.7 Å². The molecule has 0 bridgehead atoms. The first kappa shape index (κ1) is 23.7. The van der Waals surface area contributed by atoms with Gasteiger partial charge in [0.1, 0.15) is 18.8 Å². The molecule has 0 saturated carbocycles. The van der Waals surface area contributed by atoms with Crippen LogP contribution < -0.4 is 5.32 Å². The molecule has 2 atom stereocenters. The summed E-state index contributed by atoms with van der Waals surface area (Å²) < 4.78 is 72.8. The van der Waals surface area contributed by atoms with Crippen LogP contribution >= 0.6 is 0 Å². The summed E-state index contributed by atoms with van der Waals surface area (Å²) in [7, 11) is 0. The van der Waals surface area contributed by atoms with Gasteiger partial charge in [0.15, 0.2) is 23.3 Å². The summed E-state index contributed by atoms with van der Waals surface area (Å²) in [5.41, 5.74) is 2.33. The maximum absolute atomic E-state index is 13.8. The van der Waals surface area contributed by atoms with Crippen LogP contribution in [0.25, 0.3) is 11.1 Å². The molecule has 3 N–H and O–H groups in total. The zero-order valence-electron chi connectivity index (χ0n) is 17.4. The first-order valence-electron chi connectivity index (χ1n) is 10.2. The standard InChI is InChI=1S/C24H18F5NO4/c25-18-17(19(26)21(28)22(29)20(18)27)23(32)16(31)9-30-24(33)34-10-15-13-7-3-1-5-11(13)12-6-2-4-8-14(12)15/h1-8,15-16,23,31-32H,9-10H2,(H,30,33). The summed E-state index contributed by atoms with van der Waals surface area (Å²) >= 11 is 0. The summed E-state index contributed by atoms with van der Waals surface area (Å²) in [5.74, 6) is -11.7. The Bertz CT molecular complexity index is 1180. The molecule has 1 aliphatic carbocycles. The number of alkyl carbamates (subject to hydrolysis) is 1. The van der Waals surface area contributed by atoms with Crippen molar-refractivity contribution in [2.24, 2.45) is 0 Å². The lowest BCUT2D eigenvalue weighted by Crippen LogP contribution is -2.37. The van der Waals surface area contributed by atoms with Crippen LogP contribution in [0, 0.1) is 29.1 Å². The summed E-state index contributed by atoms with van der Waals surface area (Å²) in [4.78, 5) is 12.1. The highest BCUT2D eigenvalue weighted by molar-refractivity contribution is 5.79. The number of nitrogens with one attached hydrogen (secondary N) is 1. The highest BCUT2D eigenvalue weighted by Gasteiger charge is 2.33. The minimum atomic E-state index is -2.50. The third-order valence-corrected chi connectivity index (χ3v) is 5.70. The summed E-state index contributed by atoms with van der Waals surface area (Å²) in [5, 5.41) is 22.0. The van der Waals surface area contributed by atoms with Crippen molar-refractivity contribution in [1.82, 2.24) is 5.32 Å².